The quantitative estimate of drug-likeness (QED) is 0.0964. The van der Waals surface area contributed by atoms with E-state index < -0.39 is 17.5 Å². The minimum atomic E-state index is -0.893. The highest BCUT2D eigenvalue weighted by Gasteiger charge is 2.41. The maximum Gasteiger partial charge on any atom is 0.341 e. The molecule has 0 fully saturated rings. The molecule has 264 valence electrons. The van der Waals surface area contributed by atoms with Crippen molar-refractivity contribution in [3.8, 4) is 22.5 Å². The van der Waals surface area contributed by atoms with Crippen LogP contribution in [-0.4, -0.2) is 55.6 Å². The molecule has 7 aromatic rings. The molecule has 53 heavy (non-hydrogen) atoms. The molecule has 0 unspecified atom stereocenters. The molecule has 0 saturated carbocycles. The Labute approximate surface area is 307 Å². The van der Waals surface area contributed by atoms with Gasteiger partial charge in [0, 0.05) is 12.0 Å². The van der Waals surface area contributed by atoms with Gasteiger partial charge in [-0.25, -0.2) is 4.79 Å². The maximum absolute atomic E-state index is 12.8. The largest absolute Gasteiger partial charge is 0.465 e. The van der Waals surface area contributed by atoms with Crippen LogP contribution in [0.3, 0.4) is 0 Å². The van der Waals surface area contributed by atoms with Gasteiger partial charge in [-0.2, -0.15) is 5.10 Å². The lowest BCUT2D eigenvalue weighted by Gasteiger charge is -2.34. The molecule has 10 heteroatoms. The number of carbonyl (C=O) groups is 2. The number of hydrogen-bond donors (Lipinski definition) is 0. The highest BCUT2D eigenvalue weighted by atomic mass is 16.5. The second-order valence-corrected chi connectivity index (χ2v) is 12.5. The van der Waals surface area contributed by atoms with Crippen molar-refractivity contribution < 1.29 is 19.1 Å². The average molecular weight is 703 g/mol. The number of tetrazole rings is 1. The number of carbonyl (C=O) groups excluding carboxylic acids is 2. The topological polar surface area (TPSA) is 114 Å². The van der Waals surface area contributed by atoms with E-state index in [-0.39, 0.29) is 13.2 Å². The van der Waals surface area contributed by atoms with E-state index >= 15 is 0 Å². The third-order valence-electron chi connectivity index (χ3n) is 9.35. The smallest absolute Gasteiger partial charge is 0.341 e. The van der Waals surface area contributed by atoms with Crippen molar-refractivity contribution in [2.24, 2.45) is 0 Å². The Morgan fingerprint density at radius 2 is 1.25 bits per heavy atom. The Bertz CT molecular complexity index is 2240. The van der Waals surface area contributed by atoms with Crippen molar-refractivity contribution in [1.82, 2.24) is 30.0 Å². The van der Waals surface area contributed by atoms with Gasteiger partial charge in [-0.1, -0.05) is 140 Å². The van der Waals surface area contributed by atoms with E-state index in [1.807, 2.05) is 103 Å². The van der Waals surface area contributed by atoms with Crippen LogP contribution in [0.25, 0.3) is 22.5 Å². The lowest BCUT2D eigenvalue weighted by molar-refractivity contribution is -0.144. The normalized spacial score (nSPS) is 11.3. The first-order valence-electron chi connectivity index (χ1n) is 17.4. The second-order valence-electron chi connectivity index (χ2n) is 12.5. The van der Waals surface area contributed by atoms with Gasteiger partial charge >= 0.3 is 11.9 Å². The van der Waals surface area contributed by atoms with Gasteiger partial charge in [0.15, 0.2) is 5.54 Å². The maximum atomic E-state index is 12.8. The SMILES string of the molecule is CCOC(=O)Cn1nc(Cc2ccc(-c3ccccc3-c3nnn(C(c4ccccc4)(c4ccccc4)c4ccccc4)n3)cc2)c(C(=O)OC)c1C. The molecule has 10 nitrogen and oxygen atoms in total. The predicted molar refractivity (Wildman–Crippen MR) is 201 cm³/mol. The van der Waals surface area contributed by atoms with E-state index in [0.29, 0.717) is 29.2 Å². The summed E-state index contributed by atoms with van der Waals surface area (Å²) in [4.78, 5) is 26.7. The summed E-state index contributed by atoms with van der Waals surface area (Å²) in [5, 5.41) is 19.1. The third kappa shape index (κ3) is 6.74. The van der Waals surface area contributed by atoms with Crippen LogP contribution in [-0.2, 0) is 32.8 Å². The van der Waals surface area contributed by atoms with Gasteiger partial charge in [0.05, 0.1) is 25.1 Å². The summed E-state index contributed by atoms with van der Waals surface area (Å²) >= 11 is 0. The molecule has 0 spiro atoms. The number of esters is 2. The van der Waals surface area contributed by atoms with Crippen LogP contribution in [0, 0.1) is 6.92 Å². The van der Waals surface area contributed by atoms with Crippen LogP contribution in [0.1, 0.15) is 50.9 Å². The summed E-state index contributed by atoms with van der Waals surface area (Å²) in [6.07, 6.45) is 0.361. The highest BCUT2D eigenvalue weighted by Crippen LogP contribution is 2.40. The van der Waals surface area contributed by atoms with Gasteiger partial charge < -0.3 is 9.47 Å². The zero-order valence-corrected chi connectivity index (χ0v) is 29.7. The molecule has 0 amide bonds. The second kappa shape index (κ2) is 15.3. The van der Waals surface area contributed by atoms with Crippen molar-refractivity contribution in [1.29, 1.82) is 0 Å². The Morgan fingerprint density at radius 3 is 1.79 bits per heavy atom. The Balaban J connectivity index is 1.25. The molecule has 7 rings (SSSR count). The first-order valence-corrected chi connectivity index (χ1v) is 17.4. The van der Waals surface area contributed by atoms with E-state index in [1.54, 1.807) is 18.6 Å². The molecule has 0 radical (unpaired) electrons. The summed E-state index contributed by atoms with van der Waals surface area (Å²) in [7, 11) is 1.33. The van der Waals surface area contributed by atoms with Crippen molar-refractivity contribution in [3.05, 3.63) is 179 Å². The van der Waals surface area contributed by atoms with E-state index in [4.69, 9.17) is 19.8 Å². The molecule has 0 saturated heterocycles. The highest BCUT2D eigenvalue weighted by molar-refractivity contribution is 5.92. The lowest BCUT2D eigenvalue weighted by atomic mass is 9.77. The zero-order valence-electron chi connectivity index (χ0n) is 29.7. The van der Waals surface area contributed by atoms with Gasteiger partial charge in [0.2, 0.25) is 5.82 Å². The van der Waals surface area contributed by atoms with Crippen molar-refractivity contribution in [3.63, 3.8) is 0 Å². The van der Waals surface area contributed by atoms with Crippen LogP contribution >= 0.6 is 0 Å². The molecule has 2 heterocycles. The third-order valence-corrected chi connectivity index (χ3v) is 9.35. The van der Waals surface area contributed by atoms with E-state index in [2.05, 4.69) is 46.6 Å². The molecule has 5 aromatic carbocycles. The molecule has 0 atom stereocenters. The summed E-state index contributed by atoms with van der Waals surface area (Å²) in [6.45, 7) is 3.66. The van der Waals surface area contributed by atoms with Crippen LogP contribution < -0.4 is 0 Å². The number of ether oxygens (including phenoxy) is 2. The standard InChI is InChI=1S/C43H38N6O4/c1-4-53-39(50)29-48-30(2)40(42(51)52-3)38(45-48)28-31-24-26-32(27-25-31)36-22-14-15-23-37(36)41-44-47-49(46-41)43(33-16-8-5-9-17-33,34-18-10-6-11-19-34)35-20-12-7-13-21-35/h5-27H,4,28-29H2,1-3H3. The summed E-state index contributed by atoms with van der Waals surface area (Å²) in [5.74, 6) is -0.443. The molecular formula is C43H38N6O4. The van der Waals surface area contributed by atoms with Gasteiger partial charge in [-0.3, -0.25) is 9.48 Å². The first kappa shape index (κ1) is 34.8. The molecular weight excluding hydrogens is 665 g/mol. The number of nitrogens with zero attached hydrogens (tertiary/aromatic N) is 6. The molecule has 0 aliphatic carbocycles. The van der Waals surface area contributed by atoms with Crippen molar-refractivity contribution >= 4 is 11.9 Å². The summed E-state index contributed by atoms with van der Waals surface area (Å²) in [5.41, 5.74) is 7.17. The van der Waals surface area contributed by atoms with Gasteiger partial charge in [0.25, 0.3) is 0 Å². The van der Waals surface area contributed by atoms with Crippen LogP contribution in [0.4, 0.5) is 0 Å². The van der Waals surface area contributed by atoms with Gasteiger partial charge in [-0.15, -0.1) is 15.0 Å². The average Bonchev–Trinajstić information content (AvgIpc) is 3.81. The van der Waals surface area contributed by atoms with Gasteiger partial charge in [0.1, 0.15) is 12.1 Å². The van der Waals surface area contributed by atoms with E-state index in [1.165, 1.54) is 11.8 Å². The fraction of sp³-hybridized carbons (Fsp3) is 0.163. The number of benzene rings is 5. The van der Waals surface area contributed by atoms with Gasteiger partial charge in [-0.05, 0) is 52.4 Å². The minimum Gasteiger partial charge on any atom is -0.465 e. The lowest BCUT2D eigenvalue weighted by Crippen LogP contribution is -2.39. The first-order chi connectivity index (χ1) is 25.9. The minimum absolute atomic E-state index is 0.0960. The van der Waals surface area contributed by atoms with Crippen molar-refractivity contribution in [2.45, 2.75) is 32.4 Å². The molecule has 0 aliphatic rings. The van der Waals surface area contributed by atoms with E-state index in [9.17, 15) is 9.59 Å². The number of rotatable bonds is 12. The van der Waals surface area contributed by atoms with E-state index in [0.717, 1.165) is 38.9 Å². The van der Waals surface area contributed by atoms with Crippen LogP contribution in [0.2, 0.25) is 0 Å². The Hall–Kier alpha value is -6.68. The number of hydrogen-bond acceptors (Lipinski definition) is 8. The molecule has 0 N–H and O–H groups in total. The monoisotopic (exact) mass is 702 g/mol. The van der Waals surface area contributed by atoms with Crippen molar-refractivity contribution in [2.75, 3.05) is 13.7 Å². The molecule has 2 aromatic heterocycles. The fourth-order valence-corrected chi connectivity index (χ4v) is 6.86. The molecule has 0 bridgehead atoms. The predicted octanol–water partition coefficient (Wildman–Crippen LogP) is 7.29. The Kier molecular flexibility index (Phi) is 10.0. The summed E-state index contributed by atoms with van der Waals surface area (Å²) < 4.78 is 11.7. The van der Waals surface area contributed by atoms with Crippen LogP contribution in [0.15, 0.2) is 140 Å². The number of aromatic nitrogens is 6. The molecule has 0 aliphatic heterocycles. The fourth-order valence-electron chi connectivity index (χ4n) is 6.86. The van der Waals surface area contributed by atoms with Crippen LogP contribution in [0.5, 0.6) is 0 Å². The Morgan fingerprint density at radius 1 is 0.698 bits per heavy atom. The number of methoxy groups -OCH3 is 1. The summed E-state index contributed by atoms with van der Waals surface area (Å²) in [6, 6.07) is 46.8. The zero-order chi connectivity index (χ0) is 36.8.